The summed E-state index contributed by atoms with van der Waals surface area (Å²) in [6, 6.07) is 3.98. The van der Waals surface area contributed by atoms with Crippen molar-refractivity contribution < 1.29 is 23.1 Å². The zero-order valence-electron chi connectivity index (χ0n) is 21.5. The summed E-state index contributed by atoms with van der Waals surface area (Å²) in [7, 11) is 0. The van der Waals surface area contributed by atoms with E-state index in [2.05, 4.69) is 25.3 Å². The van der Waals surface area contributed by atoms with Crippen molar-refractivity contribution in [2.75, 3.05) is 36.4 Å². The summed E-state index contributed by atoms with van der Waals surface area (Å²) in [5.41, 5.74) is 0.581. The maximum Gasteiger partial charge on any atom is 0.254 e. The van der Waals surface area contributed by atoms with Crippen molar-refractivity contribution >= 4 is 34.4 Å². The Kier molecular flexibility index (Phi) is 6.96. The number of carbonyl (C=O) groups is 1. The van der Waals surface area contributed by atoms with Crippen molar-refractivity contribution in [2.24, 2.45) is 0 Å². The molecule has 0 bridgehead atoms. The molecule has 0 radical (unpaired) electrons. The van der Waals surface area contributed by atoms with E-state index >= 15 is 8.78 Å². The molecule has 13 heteroatoms. The molecule has 2 aliphatic heterocycles. The highest BCUT2D eigenvalue weighted by molar-refractivity contribution is 5.95. The molecule has 10 nitrogen and oxygen atoms in total. The first kappa shape index (κ1) is 26.0. The summed E-state index contributed by atoms with van der Waals surface area (Å²) in [4.78, 5) is 32.8. The van der Waals surface area contributed by atoms with Crippen molar-refractivity contribution in [1.29, 1.82) is 0 Å². The fourth-order valence-corrected chi connectivity index (χ4v) is 5.42. The molecule has 0 saturated carbocycles. The second-order valence-electron chi connectivity index (χ2n) is 10.1. The molecular formula is C27H27F3N8O2. The number of aliphatic hydroxyl groups is 1. The number of carbonyl (C=O) groups excluding carboxylic acids is 1. The smallest absolute Gasteiger partial charge is 0.254 e. The lowest BCUT2D eigenvalue weighted by molar-refractivity contribution is 0.0473. The normalized spacial score (nSPS) is 18.4. The Labute approximate surface area is 227 Å². The minimum Gasteiger partial charge on any atom is -0.391 e. The van der Waals surface area contributed by atoms with Crippen LogP contribution in [0.2, 0.25) is 0 Å². The van der Waals surface area contributed by atoms with Gasteiger partial charge < -0.3 is 24.8 Å². The predicted molar refractivity (Wildman–Crippen MR) is 141 cm³/mol. The van der Waals surface area contributed by atoms with Crippen LogP contribution in [-0.4, -0.2) is 72.7 Å². The molecule has 1 amide bonds. The van der Waals surface area contributed by atoms with E-state index in [1.54, 1.807) is 4.57 Å². The van der Waals surface area contributed by atoms with Crippen LogP contribution >= 0.6 is 0 Å². The van der Waals surface area contributed by atoms with Crippen molar-refractivity contribution in [3.63, 3.8) is 0 Å². The van der Waals surface area contributed by atoms with Crippen LogP contribution in [0.25, 0.3) is 11.0 Å². The zero-order valence-corrected chi connectivity index (χ0v) is 21.5. The van der Waals surface area contributed by atoms with Crippen molar-refractivity contribution in [2.45, 2.75) is 37.8 Å². The first-order chi connectivity index (χ1) is 19.4. The number of aromatic nitrogens is 5. The number of piperidine rings is 2. The average Bonchev–Trinajstić information content (AvgIpc) is 3.31. The van der Waals surface area contributed by atoms with E-state index in [1.807, 2.05) is 4.90 Å². The van der Waals surface area contributed by atoms with Gasteiger partial charge in [-0.1, -0.05) is 0 Å². The van der Waals surface area contributed by atoms with Gasteiger partial charge in [0.25, 0.3) is 5.91 Å². The van der Waals surface area contributed by atoms with Gasteiger partial charge in [-0.3, -0.25) is 4.79 Å². The van der Waals surface area contributed by atoms with Crippen LogP contribution in [0.15, 0.2) is 43.1 Å². The van der Waals surface area contributed by atoms with Crippen LogP contribution in [0.3, 0.4) is 0 Å². The van der Waals surface area contributed by atoms with Gasteiger partial charge in [-0.05, 0) is 43.9 Å². The molecule has 5 heterocycles. The SMILES string of the molecule is O=C(c1ccc(Nc2ncnc3c2c(F)cn3C2CCN(c3ncc(F)cn3)CC2)c(F)c1)N1CCC[C@@H](O)C1. The molecule has 6 rings (SSSR count). The first-order valence-electron chi connectivity index (χ1n) is 13.1. The van der Waals surface area contributed by atoms with E-state index in [0.717, 1.165) is 18.5 Å². The lowest BCUT2D eigenvalue weighted by Crippen LogP contribution is -2.42. The minimum atomic E-state index is -0.689. The van der Waals surface area contributed by atoms with Gasteiger partial charge in [0, 0.05) is 44.0 Å². The molecule has 0 aliphatic carbocycles. The number of rotatable bonds is 5. The molecule has 4 aromatic rings. The van der Waals surface area contributed by atoms with Crippen LogP contribution in [0.1, 0.15) is 42.1 Å². The Morgan fingerprint density at radius 1 is 0.975 bits per heavy atom. The maximum absolute atomic E-state index is 15.2. The van der Waals surface area contributed by atoms with Gasteiger partial charge in [0.15, 0.2) is 11.6 Å². The van der Waals surface area contributed by atoms with Crippen molar-refractivity contribution in [3.8, 4) is 0 Å². The number of benzene rings is 1. The fraction of sp³-hybridized carbons (Fsp3) is 0.370. The highest BCUT2D eigenvalue weighted by Gasteiger charge is 2.27. The molecule has 208 valence electrons. The van der Waals surface area contributed by atoms with Crippen LogP contribution in [0.5, 0.6) is 0 Å². The highest BCUT2D eigenvalue weighted by Crippen LogP contribution is 2.33. The number of hydrogen-bond donors (Lipinski definition) is 2. The number of amides is 1. The molecule has 2 N–H and O–H groups in total. The summed E-state index contributed by atoms with van der Waals surface area (Å²) in [5.74, 6) is -1.53. The van der Waals surface area contributed by atoms with Crippen molar-refractivity contribution in [3.05, 3.63) is 66.1 Å². The molecule has 2 saturated heterocycles. The lowest BCUT2D eigenvalue weighted by atomic mass is 10.1. The summed E-state index contributed by atoms with van der Waals surface area (Å²) >= 11 is 0. The van der Waals surface area contributed by atoms with Crippen LogP contribution in [0.4, 0.5) is 30.6 Å². The Morgan fingerprint density at radius 2 is 1.75 bits per heavy atom. The molecule has 0 spiro atoms. The van der Waals surface area contributed by atoms with E-state index in [-0.39, 0.29) is 40.9 Å². The third kappa shape index (κ3) is 5.04. The quantitative estimate of drug-likeness (QED) is 0.385. The topological polar surface area (TPSA) is 112 Å². The van der Waals surface area contributed by atoms with E-state index in [4.69, 9.17) is 0 Å². The molecule has 1 aromatic carbocycles. The Balaban J connectivity index is 1.20. The molecule has 2 aliphatic rings. The number of halogens is 3. The third-order valence-electron chi connectivity index (χ3n) is 7.46. The third-order valence-corrected chi connectivity index (χ3v) is 7.46. The predicted octanol–water partition coefficient (Wildman–Crippen LogP) is 3.82. The molecule has 2 fully saturated rings. The largest absolute Gasteiger partial charge is 0.391 e. The van der Waals surface area contributed by atoms with Gasteiger partial charge in [0.05, 0.1) is 29.6 Å². The Bertz CT molecular complexity index is 1540. The average molecular weight is 553 g/mol. The molecule has 0 unspecified atom stereocenters. The molecule has 1 atom stereocenters. The number of hydrogen-bond acceptors (Lipinski definition) is 8. The highest BCUT2D eigenvalue weighted by atomic mass is 19.1. The summed E-state index contributed by atoms with van der Waals surface area (Å²) in [6.07, 6.45) is 6.99. The van der Waals surface area contributed by atoms with E-state index in [9.17, 15) is 14.3 Å². The lowest BCUT2D eigenvalue weighted by Gasteiger charge is -2.32. The number of aliphatic hydroxyl groups excluding tert-OH is 1. The number of nitrogens with one attached hydrogen (secondary N) is 1. The molecular weight excluding hydrogens is 525 g/mol. The second kappa shape index (κ2) is 10.7. The summed E-state index contributed by atoms with van der Waals surface area (Å²) < 4.78 is 45.3. The first-order valence-corrected chi connectivity index (χ1v) is 13.1. The van der Waals surface area contributed by atoms with Gasteiger partial charge in [0.2, 0.25) is 5.95 Å². The Morgan fingerprint density at radius 3 is 2.48 bits per heavy atom. The van der Waals surface area contributed by atoms with E-state index in [0.29, 0.717) is 56.9 Å². The van der Waals surface area contributed by atoms with Crippen molar-refractivity contribution in [1.82, 2.24) is 29.4 Å². The fourth-order valence-electron chi connectivity index (χ4n) is 5.42. The van der Waals surface area contributed by atoms with E-state index in [1.165, 1.54) is 29.6 Å². The monoisotopic (exact) mass is 552 g/mol. The number of likely N-dealkylation sites (tertiary alicyclic amines) is 1. The minimum absolute atomic E-state index is 0.0370. The molecule has 3 aromatic heterocycles. The van der Waals surface area contributed by atoms with E-state index < -0.39 is 23.6 Å². The molecule has 40 heavy (non-hydrogen) atoms. The number of nitrogens with zero attached hydrogens (tertiary/aromatic N) is 7. The van der Waals surface area contributed by atoms with Crippen LogP contribution in [0, 0.1) is 17.5 Å². The number of fused-ring (bicyclic) bond motifs is 1. The standard InChI is InChI=1S/C27H27F3N8O2/c28-17-11-31-27(32-12-17)36-8-5-18(6-9-36)38-14-21(30)23-24(33-15-34-25(23)38)35-22-4-3-16(10-20(22)29)26(40)37-7-1-2-19(39)13-37/h3-4,10-12,14-15,18-19,39H,1-2,5-9,13H2,(H,33,34,35)/t19-/m1/s1. The number of anilines is 3. The van der Waals surface area contributed by atoms with Gasteiger partial charge in [0.1, 0.15) is 23.6 Å². The van der Waals surface area contributed by atoms with Gasteiger partial charge in [-0.25, -0.2) is 33.1 Å². The second-order valence-corrected chi connectivity index (χ2v) is 10.1. The van der Waals surface area contributed by atoms with Gasteiger partial charge >= 0.3 is 0 Å². The number of β-amino-alcohol motifs (C(OH)–C–C–N with tert-alkyl or cyclic N) is 1. The summed E-state index contributed by atoms with van der Waals surface area (Å²) in [5, 5.41) is 12.8. The maximum atomic E-state index is 15.2. The van der Waals surface area contributed by atoms with Crippen LogP contribution in [-0.2, 0) is 0 Å². The zero-order chi connectivity index (χ0) is 27.8. The summed E-state index contributed by atoms with van der Waals surface area (Å²) in [6.45, 7) is 1.92. The van der Waals surface area contributed by atoms with Gasteiger partial charge in [-0.15, -0.1) is 0 Å². The van der Waals surface area contributed by atoms with Gasteiger partial charge in [-0.2, -0.15) is 0 Å². The Hall–Kier alpha value is -4.26. The van der Waals surface area contributed by atoms with Crippen LogP contribution < -0.4 is 10.2 Å².